The van der Waals surface area contributed by atoms with E-state index in [0.29, 0.717) is 18.8 Å². The molecule has 2 rings (SSSR count). The van der Waals surface area contributed by atoms with Gasteiger partial charge in [0.25, 0.3) is 0 Å². The van der Waals surface area contributed by atoms with Crippen LogP contribution in [0.25, 0.3) is 0 Å². The Morgan fingerprint density at radius 2 is 1.93 bits per heavy atom. The van der Waals surface area contributed by atoms with E-state index in [1.54, 1.807) is 4.90 Å². The highest BCUT2D eigenvalue weighted by atomic mass is 16.6. The van der Waals surface area contributed by atoms with Crippen molar-refractivity contribution >= 4 is 12.1 Å². The molecular weight excluding hydrogens is 348 g/mol. The smallest absolute Gasteiger partial charge is 0.409 e. The summed E-state index contributed by atoms with van der Waals surface area (Å²) in [6, 6.07) is 0.326. The maximum Gasteiger partial charge on any atom is 0.409 e. The molecule has 0 atom stereocenters. The van der Waals surface area contributed by atoms with Crippen LogP contribution in [0.1, 0.15) is 46.0 Å². The van der Waals surface area contributed by atoms with Crippen molar-refractivity contribution in [3.63, 3.8) is 0 Å². The minimum absolute atomic E-state index is 0.207. The third kappa shape index (κ3) is 8.34. The lowest BCUT2D eigenvalue weighted by Gasteiger charge is -2.32. The molecule has 8 heteroatoms. The quantitative estimate of drug-likeness (QED) is 0.377. The molecular formula is C19H36N4O4. The molecule has 1 amide bonds. The fourth-order valence-electron chi connectivity index (χ4n) is 3.28. The molecule has 0 spiro atoms. The van der Waals surface area contributed by atoms with Crippen molar-refractivity contribution in [3.05, 3.63) is 0 Å². The van der Waals surface area contributed by atoms with Gasteiger partial charge in [-0.05, 0) is 46.0 Å². The Morgan fingerprint density at radius 1 is 1.19 bits per heavy atom. The van der Waals surface area contributed by atoms with Crippen LogP contribution in [0.4, 0.5) is 4.79 Å². The minimum Gasteiger partial charge on any atom is -0.450 e. The highest BCUT2D eigenvalue weighted by Gasteiger charge is 2.24. The zero-order chi connectivity index (χ0) is 19.3. The molecule has 156 valence electrons. The molecule has 0 bridgehead atoms. The molecule has 2 heterocycles. The topological polar surface area (TPSA) is 84.4 Å². The molecule has 0 aromatic carbocycles. The Labute approximate surface area is 163 Å². The van der Waals surface area contributed by atoms with E-state index >= 15 is 0 Å². The number of nitrogens with zero attached hydrogens (tertiary/aromatic N) is 2. The van der Waals surface area contributed by atoms with Crippen LogP contribution in [0.15, 0.2) is 4.99 Å². The third-order valence-electron chi connectivity index (χ3n) is 4.80. The highest BCUT2D eigenvalue weighted by molar-refractivity contribution is 5.80. The number of aliphatic imine (C=N–C) groups is 1. The van der Waals surface area contributed by atoms with E-state index in [1.807, 2.05) is 6.92 Å². The van der Waals surface area contributed by atoms with E-state index in [4.69, 9.17) is 14.2 Å². The van der Waals surface area contributed by atoms with Crippen LogP contribution in [-0.4, -0.2) is 81.7 Å². The van der Waals surface area contributed by atoms with Crippen LogP contribution < -0.4 is 10.6 Å². The van der Waals surface area contributed by atoms with Gasteiger partial charge in [0.1, 0.15) is 0 Å². The number of guanidine groups is 1. The van der Waals surface area contributed by atoms with Crippen molar-refractivity contribution in [1.29, 1.82) is 0 Å². The van der Waals surface area contributed by atoms with E-state index in [9.17, 15) is 4.79 Å². The first-order valence-corrected chi connectivity index (χ1v) is 10.4. The molecule has 0 aromatic heterocycles. The van der Waals surface area contributed by atoms with Gasteiger partial charge in [0, 0.05) is 52.0 Å². The molecule has 8 nitrogen and oxygen atoms in total. The van der Waals surface area contributed by atoms with Gasteiger partial charge < -0.3 is 29.7 Å². The summed E-state index contributed by atoms with van der Waals surface area (Å²) in [4.78, 5) is 18.2. The highest BCUT2D eigenvalue weighted by Crippen LogP contribution is 2.12. The first-order valence-electron chi connectivity index (χ1n) is 10.4. The Hall–Kier alpha value is -1.54. The second-order valence-corrected chi connectivity index (χ2v) is 6.90. The van der Waals surface area contributed by atoms with Crippen LogP contribution in [-0.2, 0) is 14.2 Å². The first kappa shape index (κ1) is 21.8. The summed E-state index contributed by atoms with van der Waals surface area (Å²) in [6.45, 7) is 9.68. The van der Waals surface area contributed by atoms with Gasteiger partial charge in [-0.3, -0.25) is 4.99 Å². The van der Waals surface area contributed by atoms with Crippen molar-refractivity contribution in [3.8, 4) is 0 Å². The van der Waals surface area contributed by atoms with Gasteiger partial charge >= 0.3 is 6.09 Å². The van der Waals surface area contributed by atoms with Gasteiger partial charge in [-0.2, -0.15) is 0 Å². The van der Waals surface area contributed by atoms with Gasteiger partial charge in [0.2, 0.25) is 0 Å². The van der Waals surface area contributed by atoms with Crippen LogP contribution in [0.5, 0.6) is 0 Å². The summed E-state index contributed by atoms with van der Waals surface area (Å²) in [6.07, 6.45) is 4.84. The number of likely N-dealkylation sites (tertiary alicyclic amines) is 1. The van der Waals surface area contributed by atoms with Crippen molar-refractivity contribution in [2.24, 2.45) is 4.99 Å². The molecule has 27 heavy (non-hydrogen) atoms. The van der Waals surface area contributed by atoms with E-state index in [-0.39, 0.29) is 6.09 Å². The Kier molecular flexibility index (Phi) is 10.3. The summed E-state index contributed by atoms with van der Waals surface area (Å²) >= 11 is 0. The summed E-state index contributed by atoms with van der Waals surface area (Å²) < 4.78 is 16.3. The largest absolute Gasteiger partial charge is 0.450 e. The molecule has 0 unspecified atom stereocenters. The standard InChI is InChI=1S/C19H36N4O4/c1-3-20-18(21-10-5-13-27-17-8-14-25-15-9-17)22-16-6-11-23(12-7-16)19(24)26-4-2/h16-17H,3-15H2,1-2H3,(H2,20,21,22). The Morgan fingerprint density at radius 3 is 2.59 bits per heavy atom. The molecule has 2 aliphatic rings. The molecule has 0 saturated carbocycles. The molecule has 2 fully saturated rings. The fourth-order valence-corrected chi connectivity index (χ4v) is 3.28. The number of rotatable bonds is 8. The molecule has 2 saturated heterocycles. The minimum atomic E-state index is -0.207. The second kappa shape index (κ2) is 12.8. The number of hydrogen-bond donors (Lipinski definition) is 2. The zero-order valence-corrected chi connectivity index (χ0v) is 16.9. The number of carbonyl (C=O) groups is 1. The van der Waals surface area contributed by atoms with Crippen LogP contribution >= 0.6 is 0 Å². The molecule has 0 radical (unpaired) electrons. The number of ether oxygens (including phenoxy) is 3. The van der Waals surface area contributed by atoms with E-state index < -0.39 is 0 Å². The fraction of sp³-hybridized carbons (Fsp3) is 0.895. The Balaban J connectivity index is 1.65. The van der Waals surface area contributed by atoms with Crippen LogP contribution in [0, 0.1) is 0 Å². The molecule has 2 aliphatic heterocycles. The van der Waals surface area contributed by atoms with Gasteiger partial charge in [-0.15, -0.1) is 0 Å². The Bertz CT molecular complexity index is 447. The number of amides is 1. The van der Waals surface area contributed by atoms with Crippen molar-refractivity contribution in [2.45, 2.75) is 58.1 Å². The lowest BCUT2D eigenvalue weighted by Crippen LogP contribution is -2.49. The first-order chi connectivity index (χ1) is 13.2. The van der Waals surface area contributed by atoms with Crippen molar-refractivity contribution < 1.29 is 19.0 Å². The summed E-state index contributed by atoms with van der Waals surface area (Å²) in [7, 11) is 0. The SMILES string of the molecule is CCNC(=NCCCOC1CCOCC1)NC1CCN(C(=O)OCC)CC1. The predicted molar refractivity (Wildman–Crippen MR) is 105 cm³/mol. The van der Waals surface area contributed by atoms with Crippen LogP contribution in [0.3, 0.4) is 0 Å². The van der Waals surface area contributed by atoms with Crippen molar-refractivity contribution in [1.82, 2.24) is 15.5 Å². The normalized spacial score (nSPS) is 19.8. The van der Waals surface area contributed by atoms with Gasteiger partial charge in [0.05, 0.1) is 12.7 Å². The monoisotopic (exact) mass is 384 g/mol. The second-order valence-electron chi connectivity index (χ2n) is 6.90. The lowest BCUT2D eigenvalue weighted by molar-refractivity contribution is -0.0318. The number of hydrogen-bond acceptors (Lipinski definition) is 5. The average molecular weight is 385 g/mol. The predicted octanol–water partition coefficient (Wildman–Crippen LogP) is 1.75. The van der Waals surface area contributed by atoms with Gasteiger partial charge in [0.15, 0.2) is 5.96 Å². The molecule has 0 aliphatic carbocycles. The molecule has 2 N–H and O–H groups in total. The summed E-state index contributed by atoms with van der Waals surface area (Å²) in [5, 5.41) is 6.79. The lowest BCUT2D eigenvalue weighted by atomic mass is 10.1. The van der Waals surface area contributed by atoms with Gasteiger partial charge in [-0.1, -0.05) is 0 Å². The third-order valence-corrected chi connectivity index (χ3v) is 4.80. The number of piperidine rings is 1. The maximum atomic E-state index is 11.8. The molecule has 0 aromatic rings. The van der Waals surface area contributed by atoms with E-state index in [0.717, 1.165) is 84.1 Å². The zero-order valence-electron chi connectivity index (χ0n) is 16.9. The van der Waals surface area contributed by atoms with Gasteiger partial charge in [-0.25, -0.2) is 4.79 Å². The average Bonchev–Trinajstić information content (AvgIpc) is 2.69. The maximum absolute atomic E-state index is 11.8. The number of nitrogens with one attached hydrogen (secondary N) is 2. The number of carbonyl (C=O) groups excluding carboxylic acids is 1. The van der Waals surface area contributed by atoms with E-state index in [1.165, 1.54) is 0 Å². The van der Waals surface area contributed by atoms with Crippen molar-refractivity contribution in [2.75, 3.05) is 52.6 Å². The summed E-state index contributed by atoms with van der Waals surface area (Å²) in [5.41, 5.74) is 0. The van der Waals surface area contributed by atoms with Crippen LogP contribution in [0.2, 0.25) is 0 Å². The summed E-state index contributed by atoms with van der Waals surface area (Å²) in [5.74, 6) is 0.846. The van der Waals surface area contributed by atoms with E-state index in [2.05, 4.69) is 22.5 Å².